The fraction of sp³-hybridized carbons (Fsp3) is 0.172. The Balaban J connectivity index is 1.48. The molecular weight excluding hydrogens is 421 g/mol. The van der Waals surface area contributed by atoms with Crippen LogP contribution < -0.4 is 21.3 Å². The summed E-state index contributed by atoms with van der Waals surface area (Å²) in [6.45, 7) is 4.61. The SMILES string of the molecule is CP(C)c1cccc(-c2cccc(C3NC(c4ccccc4)NC(c4ccccc4)N3)c2)c1. The Kier molecular flexibility index (Phi) is 6.66. The lowest BCUT2D eigenvalue weighted by atomic mass is 10.00. The van der Waals surface area contributed by atoms with Gasteiger partial charge in [-0.05, 0) is 58.6 Å². The summed E-state index contributed by atoms with van der Waals surface area (Å²) in [5.74, 6) is 0. The molecule has 1 fully saturated rings. The van der Waals surface area contributed by atoms with E-state index in [1.807, 2.05) is 0 Å². The lowest BCUT2D eigenvalue weighted by Gasteiger charge is -2.39. The zero-order valence-corrected chi connectivity index (χ0v) is 20.0. The first kappa shape index (κ1) is 22.0. The molecule has 0 saturated carbocycles. The molecule has 1 aliphatic heterocycles. The molecule has 0 amide bonds. The van der Waals surface area contributed by atoms with Crippen LogP contribution in [0, 0.1) is 0 Å². The van der Waals surface area contributed by atoms with Crippen LogP contribution in [0.1, 0.15) is 35.2 Å². The van der Waals surface area contributed by atoms with Crippen molar-refractivity contribution in [3.63, 3.8) is 0 Å². The third-order valence-corrected chi connectivity index (χ3v) is 7.49. The van der Waals surface area contributed by atoms with Crippen molar-refractivity contribution in [2.45, 2.75) is 18.5 Å². The van der Waals surface area contributed by atoms with Crippen molar-refractivity contribution in [3.8, 4) is 11.1 Å². The molecule has 5 rings (SSSR count). The van der Waals surface area contributed by atoms with Crippen molar-refractivity contribution in [1.29, 1.82) is 0 Å². The second kappa shape index (κ2) is 9.99. The molecule has 1 heterocycles. The largest absolute Gasteiger partial charge is 0.279 e. The van der Waals surface area contributed by atoms with Gasteiger partial charge in [-0.15, -0.1) is 0 Å². The molecule has 1 aliphatic rings. The standard InChI is InChI=1S/C29H30N3P/c1-33(2)26-18-10-16-24(20-26)23-15-9-17-25(19-23)29-31-27(21-11-5-3-6-12-21)30-28(32-29)22-13-7-4-8-14-22/h3-20,27-32H,1-2H3. The number of rotatable bonds is 5. The van der Waals surface area contributed by atoms with Gasteiger partial charge in [0, 0.05) is 0 Å². The fourth-order valence-electron chi connectivity index (χ4n) is 4.37. The van der Waals surface area contributed by atoms with Gasteiger partial charge < -0.3 is 0 Å². The van der Waals surface area contributed by atoms with Crippen LogP contribution in [-0.2, 0) is 0 Å². The molecule has 4 aromatic rings. The van der Waals surface area contributed by atoms with E-state index in [2.05, 4.69) is 138 Å². The fourth-order valence-corrected chi connectivity index (χ4v) is 5.16. The van der Waals surface area contributed by atoms with Crippen molar-refractivity contribution in [2.24, 2.45) is 0 Å². The van der Waals surface area contributed by atoms with Crippen LogP contribution in [0.2, 0.25) is 0 Å². The van der Waals surface area contributed by atoms with Crippen molar-refractivity contribution in [2.75, 3.05) is 13.3 Å². The lowest BCUT2D eigenvalue weighted by molar-refractivity contribution is 0.203. The van der Waals surface area contributed by atoms with Crippen LogP contribution in [0.15, 0.2) is 109 Å². The molecule has 3 nitrogen and oxygen atoms in total. The van der Waals surface area contributed by atoms with Gasteiger partial charge in [-0.2, -0.15) is 0 Å². The summed E-state index contributed by atoms with van der Waals surface area (Å²) in [5.41, 5.74) is 6.22. The third-order valence-electron chi connectivity index (χ3n) is 6.18. The van der Waals surface area contributed by atoms with Crippen molar-refractivity contribution < 1.29 is 0 Å². The van der Waals surface area contributed by atoms with Crippen LogP contribution >= 0.6 is 7.92 Å². The van der Waals surface area contributed by atoms with Gasteiger partial charge in [-0.3, -0.25) is 16.0 Å². The van der Waals surface area contributed by atoms with Crippen LogP contribution in [-0.4, -0.2) is 13.3 Å². The van der Waals surface area contributed by atoms with E-state index in [9.17, 15) is 0 Å². The van der Waals surface area contributed by atoms with E-state index in [1.165, 1.54) is 33.1 Å². The topological polar surface area (TPSA) is 36.1 Å². The Labute approximate surface area is 198 Å². The van der Waals surface area contributed by atoms with Crippen molar-refractivity contribution in [1.82, 2.24) is 16.0 Å². The summed E-state index contributed by atoms with van der Waals surface area (Å²) in [6.07, 6.45) is 0.0935. The van der Waals surface area contributed by atoms with Crippen LogP contribution in [0.3, 0.4) is 0 Å². The second-order valence-electron chi connectivity index (χ2n) is 8.69. The maximum absolute atomic E-state index is 3.78. The first-order valence-electron chi connectivity index (χ1n) is 11.4. The van der Waals surface area contributed by atoms with Gasteiger partial charge in [0.2, 0.25) is 0 Å². The molecule has 4 aromatic carbocycles. The molecule has 0 aromatic heterocycles. The molecule has 4 heteroatoms. The summed E-state index contributed by atoms with van der Waals surface area (Å²) >= 11 is 0. The van der Waals surface area contributed by atoms with E-state index < -0.39 is 0 Å². The summed E-state index contributed by atoms with van der Waals surface area (Å²) in [6, 6.07) is 39.1. The van der Waals surface area contributed by atoms with Gasteiger partial charge in [-0.25, -0.2) is 0 Å². The highest BCUT2D eigenvalue weighted by Gasteiger charge is 2.29. The van der Waals surface area contributed by atoms with E-state index in [1.54, 1.807) is 0 Å². The number of benzene rings is 4. The molecule has 33 heavy (non-hydrogen) atoms. The Bertz CT molecular complexity index is 1150. The van der Waals surface area contributed by atoms with Gasteiger partial charge >= 0.3 is 0 Å². The molecule has 166 valence electrons. The Hall–Kier alpha value is -2.81. The van der Waals surface area contributed by atoms with Gasteiger partial charge in [-0.1, -0.05) is 105 Å². The summed E-state index contributed by atoms with van der Waals surface area (Å²) < 4.78 is 0. The van der Waals surface area contributed by atoms with Gasteiger partial charge in [0.25, 0.3) is 0 Å². The summed E-state index contributed by atoms with van der Waals surface area (Å²) in [5, 5.41) is 12.7. The highest BCUT2D eigenvalue weighted by Crippen LogP contribution is 2.30. The number of hydrogen-bond donors (Lipinski definition) is 3. The second-order valence-corrected chi connectivity index (χ2v) is 11.0. The highest BCUT2D eigenvalue weighted by molar-refractivity contribution is 7.64. The Morgan fingerprint density at radius 3 is 1.48 bits per heavy atom. The molecule has 2 unspecified atom stereocenters. The van der Waals surface area contributed by atoms with Crippen LogP contribution in [0.25, 0.3) is 11.1 Å². The van der Waals surface area contributed by atoms with Gasteiger partial charge in [0.1, 0.15) is 0 Å². The number of nitrogens with one attached hydrogen (secondary N) is 3. The first-order valence-corrected chi connectivity index (χ1v) is 13.7. The molecule has 0 spiro atoms. The Morgan fingerprint density at radius 1 is 0.485 bits per heavy atom. The summed E-state index contributed by atoms with van der Waals surface area (Å²) in [7, 11) is -0.118. The molecule has 0 bridgehead atoms. The van der Waals surface area contributed by atoms with E-state index in [0.29, 0.717) is 0 Å². The zero-order chi connectivity index (χ0) is 22.6. The molecule has 2 atom stereocenters. The average molecular weight is 452 g/mol. The van der Waals surface area contributed by atoms with Crippen molar-refractivity contribution in [3.05, 3.63) is 126 Å². The maximum atomic E-state index is 3.78. The van der Waals surface area contributed by atoms with Gasteiger partial charge in [0.15, 0.2) is 0 Å². The predicted octanol–water partition coefficient (Wildman–Crippen LogP) is 5.90. The molecule has 0 radical (unpaired) electrons. The minimum atomic E-state index is -0.118. The third kappa shape index (κ3) is 5.08. The monoisotopic (exact) mass is 451 g/mol. The van der Waals surface area contributed by atoms with Gasteiger partial charge in [0.05, 0.1) is 18.5 Å². The highest BCUT2D eigenvalue weighted by atomic mass is 31.1. The van der Waals surface area contributed by atoms with E-state index in [4.69, 9.17) is 0 Å². The normalized spacial score (nSPS) is 20.6. The zero-order valence-electron chi connectivity index (χ0n) is 19.1. The van der Waals surface area contributed by atoms with Crippen molar-refractivity contribution >= 4 is 13.2 Å². The summed E-state index contributed by atoms with van der Waals surface area (Å²) in [4.78, 5) is 0. The quantitative estimate of drug-likeness (QED) is 0.331. The maximum Gasteiger partial charge on any atom is 0.0864 e. The molecular formula is C29H30N3P. The first-order chi connectivity index (χ1) is 16.2. The van der Waals surface area contributed by atoms with Crippen LogP contribution in [0.4, 0.5) is 0 Å². The smallest absolute Gasteiger partial charge is 0.0864 e. The van der Waals surface area contributed by atoms with Crippen LogP contribution in [0.5, 0.6) is 0 Å². The van der Waals surface area contributed by atoms with E-state index in [0.717, 1.165) is 0 Å². The molecule has 0 aliphatic carbocycles. The molecule has 3 N–H and O–H groups in total. The minimum Gasteiger partial charge on any atom is -0.279 e. The van der Waals surface area contributed by atoms with E-state index in [-0.39, 0.29) is 26.4 Å². The Morgan fingerprint density at radius 2 is 0.939 bits per heavy atom. The minimum absolute atomic E-state index is 0.0132. The average Bonchev–Trinajstić information content (AvgIpc) is 2.89. The molecule has 1 saturated heterocycles. The predicted molar refractivity (Wildman–Crippen MR) is 141 cm³/mol. The van der Waals surface area contributed by atoms with E-state index >= 15 is 0 Å². The lowest BCUT2D eigenvalue weighted by Crippen LogP contribution is -2.54. The number of hydrogen-bond acceptors (Lipinski definition) is 3.